The molecule has 0 radical (unpaired) electrons. The van der Waals surface area contributed by atoms with Crippen molar-refractivity contribution in [1.82, 2.24) is 4.98 Å². The molecule has 1 saturated heterocycles. The Morgan fingerprint density at radius 3 is 2.22 bits per heavy atom. The molecule has 0 N–H and O–H groups in total. The molecule has 0 bridgehead atoms. The molecule has 2 saturated carbocycles. The molecule has 3 heteroatoms. The standard InChI is InChI=1S/C24H40O2.C14H13N/c1-5-24(25-16-22(2,3)17-26-24)15-11-18-8-6-9-20-19(18)12-14-23(4)13-7-10-21(20)23;1-12-2-4-13(5-3-12)6-7-14-8-10-15-11-9-14/h20-21H,5-17H2,1-4H3;2-11H,1H3/b;7-6+. The Hall–Kier alpha value is -2.23. The van der Waals surface area contributed by atoms with Crippen LogP contribution in [0, 0.1) is 29.6 Å². The highest BCUT2D eigenvalue weighted by Gasteiger charge is 2.48. The maximum Gasteiger partial charge on any atom is 0.168 e. The Balaban J connectivity index is 0.000000191. The molecule has 4 aliphatic rings. The summed E-state index contributed by atoms with van der Waals surface area (Å²) in [7, 11) is 0. The molecule has 41 heavy (non-hydrogen) atoms. The van der Waals surface area contributed by atoms with Crippen LogP contribution in [-0.4, -0.2) is 24.0 Å². The quantitative estimate of drug-likeness (QED) is 0.332. The van der Waals surface area contributed by atoms with Crippen molar-refractivity contribution < 1.29 is 9.47 Å². The molecule has 3 unspecified atom stereocenters. The maximum absolute atomic E-state index is 6.30. The Labute approximate surface area is 249 Å². The van der Waals surface area contributed by atoms with E-state index in [9.17, 15) is 0 Å². The third-order valence-electron chi connectivity index (χ3n) is 10.6. The number of allylic oxidation sites excluding steroid dienone is 2. The van der Waals surface area contributed by atoms with Crippen molar-refractivity contribution in [1.29, 1.82) is 0 Å². The van der Waals surface area contributed by atoms with Crippen LogP contribution in [-0.2, 0) is 9.47 Å². The minimum atomic E-state index is -0.327. The van der Waals surface area contributed by atoms with Crippen LogP contribution in [0.1, 0.15) is 115 Å². The predicted octanol–water partition coefficient (Wildman–Crippen LogP) is 10.2. The predicted molar refractivity (Wildman–Crippen MR) is 171 cm³/mol. The second-order valence-corrected chi connectivity index (χ2v) is 14.3. The summed E-state index contributed by atoms with van der Waals surface area (Å²) < 4.78 is 12.6. The van der Waals surface area contributed by atoms with Crippen molar-refractivity contribution in [3.63, 3.8) is 0 Å². The molecule has 1 aromatic carbocycles. The fourth-order valence-electron chi connectivity index (χ4n) is 7.85. The normalized spacial score (nSPS) is 28.5. The first-order valence-corrected chi connectivity index (χ1v) is 16.3. The second-order valence-electron chi connectivity index (χ2n) is 14.3. The van der Waals surface area contributed by atoms with Gasteiger partial charge in [-0.1, -0.05) is 87.2 Å². The molecule has 0 amide bonds. The summed E-state index contributed by atoms with van der Waals surface area (Å²) in [6, 6.07) is 12.5. The summed E-state index contributed by atoms with van der Waals surface area (Å²) in [4.78, 5) is 3.98. The van der Waals surface area contributed by atoms with Crippen molar-refractivity contribution >= 4 is 12.2 Å². The number of aromatic nitrogens is 1. The second kappa shape index (κ2) is 13.0. The Bertz CT molecular complexity index is 1180. The molecular weight excluding hydrogens is 502 g/mol. The third kappa shape index (κ3) is 7.41. The van der Waals surface area contributed by atoms with Gasteiger partial charge in [-0.05, 0) is 105 Å². The lowest BCUT2D eigenvalue weighted by molar-refractivity contribution is -0.302. The molecule has 3 fully saturated rings. The molecule has 1 aliphatic heterocycles. The lowest BCUT2D eigenvalue weighted by Gasteiger charge is -2.47. The first-order chi connectivity index (χ1) is 19.7. The fourth-order valence-corrected chi connectivity index (χ4v) is 7.85. The molecule has 2 heterocycles. The van der Waals surface area contributed by atoms with Crippen LogP contribution in [0.25, 0.3) is 12.2 Å². The molecule has 3 atom stereocenters. The topological polar surface area (TPSA) is 31.4 Å². The van der Waals surface area contributed by atoms with Crippen molar-refractivity contribution in [2.45, 2.75) is 111 Å². The van der Waals surface area contributed by atoms with Gasteiger partial charge in [-0.2, -0.15) is 0 Å². The highest BCUT2D eigenvalue weighted by molar-refractivity contribution is 5.69. The highest BCUT2D eigenvalue weighted by Crippen LogP contribution is 2.59. The minimum Gasteiger partial charge on any atom is -0.349 e. The Morgan fingerprint density at radius 2 is 1.54 bits per heavy atom. The van der Waals surface area contributed by atoms with Gasteiger partial charge < -0.3 is 9.47 Å². The first kappa shape index (κ1) is 30.2. The average molecular weight is 556 g/mol. The van der Waals surface area contributed by atoms with Crippen LogP contribution in [0.2, 0.25) is 0 Å². The van der Waals surface area contributed by atoms with E-state index in [-0.39, 0.29) is 11.2 Å². The van der Waals surface area contributed by atoms with E-state index in [0.717, 1.165) is 37.9 Å². The van der Waals surface area contributed by atoms with Crippen LogP contribution < -0.4 is 0 Å². The van der Waals surface area contributed by atoms with Gasteiger partial charge in [0.2, 0.25) is 0 Å². The number of benzene rings is 1. The number of nitrogens with zero attached hydrogens (tertiary/aromatic N) is 1. The van der Waals surface area contributed by atoms with Crippen LogP contribution in [0.15, 0.2) is 59.9 Å². The number of hydrogen-bond acceptors (Lipinski definition) is 3. The number of ether oxygens (including phenoxy) is 2. The van der Waals surface area contributed by atoms with Crippen molar-refractivity contribution in [2.75, 3.05) is 13.2 Å². The molecule has 2 aromatic rings. The Kier molecular flexibility index (Phi) is 9.56. The van der Waals surface area contributed by atoms with Gasteiger partial charge in [0, 0.05) is 24.2 Å². The van der Waals surface area contributed by atoms with Gasteiger partial charge in [0.05, 0.1) is 13.2 Å². The molecule has 3 aliphatic carbocycles. The number of pyridine rings is 1. The average Bonchev–Trinajstić information content (AvgIpc) is 3.40. The van der Waals surface area contributed by atoms with E-state index in [1.54, 1.807) is 18.0 Å². The molecule has 3 nitrogen and oxygen atoms in total. The van der Waals surface area contributed by atoms with Crippen molar-refractivity contribution in [3.05, 3.63) is 76.6 Å². The van der Waals surface area contributed by atoms with Gasteiger partial charge in [0.15, 0.2) is 5.79 Å². The van der Waals surface area contributed by atoms with Crippen LogP contribution in [0.4, 0.5) is 0 Å². The summed E-state index contributed by atoms with van der Waals surface area (Å²) in [5.74, 6) is 1.56. The minimum absolute atomic E-state index is 0.160. The summed E-state index contributed by atoms with van der Waals surface area (Å²) in [5, 5.41) is 0. The number of hydrogen-bond donors (Lipinski definition) is 0. The summed E-state index contributed by atoms with van der Waals surface area (Å²) >= 11 is 0. The van der Waals surface area contributed by atoms with Crippen molar-refractivity contribution in [3.8, 4) is 0 Å². The van der Waals surface area contributed by atoms with Crippen molar-refractivity contribution in [2.24, 2.45) is 22.7 Å². The third-order valence-corrected chi connectivity index (χ3v) is 10.6. The highest BCUT2D eigenvalue weighted by atomic mass is 16.7. The lowest BCUT2D eigenvalue weighted by Crippen LogP contribution is -2.47. The molecule has 0 spiro atoms. The first-order valence-electron chi connectivity index (χ1n) is 16.3. The summed E-state index contributed by atoms with van der Waals surface area (Å²) in [6.45, 7) is 13.0. The number of rotatable bonds is 6. The molecular formula is C38H53NO2. The number of fused-ring (bicyclic) bond motifs is 3. The summed E-state index contributed by atoms with van der Waals surface area (Å²) in [5.41, 5.74) is 8.16. The van der Waals surface area contributed by atoms with Gasteiger partial charge in [0.25, 0.3) is 0 Å². The zero-order valence-electron chi connectivity index (χ0n) is 26.4. The van der Waals surface area contributed by atoms with Gasteiger partial charge in [0.1, 0.15) is 0 Å². The van der Waals surface area contributed by atoms with E-state index in [4.69, 9.17) is 9.47 Å². The van der Waals surface area contributed by atoms with Gasteiger partial charge >= 0.3 is 0 Å². The monoisotopic (exact) mass is 555 g/mol. The molecule has 1 aromatic heterocycles. The lowest BCUT2D eigenvalue weighted by atomic mass is 9.59. The zero-order chi connectivity index (χ0) is 28.9. The zero-order valence-corrected chi connectivity index (χ0v) is 26.4. The molecule has 6 rings (SSSR count). The van der Waals surface area contributed by atoms with E-state index in [0.29, 0.717) is 5.41 Å². The van der Waals surface area contributed by atoms with Crippen LogP contribution >= 0.6 is 0 Å². The van der Waals surface area contributed by atoms with Gasteiger partial charge in [-0.15, -0.1) is 0 Å². The molecule has 222 valence electrons. The largest absolute Gasteiger partial charge is 0.349 e. The van der Waals surface area contributed by atoms with E-state index < -0.39 is 0 Å². The number of aryl methyl sites for hydroxylation is 1. The van der Waals surface area contributed by atoms with E-state index in [1.807, 2.05) is 17.7 Å². The SMILES string of the molecule is CCC1(CCC2=C3CCC4(C)CCCC4C3CCC2)OCC(C)(C)CO1.Cc1ccc(/C=C/c2ccncc2)cc1. The smallest absolute Gasteiger partial charge is 0.168 e. The van der Waals surface area contributed by atoms with Gasteiger partial charge in [-0.3, -0.25) is 4.98 Å². The maximum atomic E-state index is 6.30. The fraction of sp³-hybridized carbons (Fsp3) is 0.605. The van der Waals surface area contributed by atoms with E-state index in [1.165, 1.54) is 74.5 Å². The van der Waals surface area contributed by atoms with Crippen LogP contribution in [0.5, 0.6) is 0 Å². The Morgan fingerprint density at radius 1 is 0.854 bits per heavy atom. The van der Waals surface area contributed by atoms with E-state index >= 15 is 0 Å². The van der Waals surface area contributed by atoms with E-state index in [2.05, 4.69) is 76.0 Å². The summed E-state index contributed by atoms with van der Waals surface area (Å²) in [6.07, 6.45) is 22.5. The van der Waals surface area contributed by atoms with Crippen LogP contribution in [0.3, 0.4) is 0 Å². The van der Waals surface area contributed by atoms with Gasteiger partial charge in [-0.25, -0.2) is 0 Å².